The molecule has 1 saturated carbocycles. The zero-order valence-corrected chi connectivity index (χ0v) is 20.2. The SMILES string of the molecule is CCCOc1cc2cc(-c3c(C)nc(NCCOC)nc3N[C@@H]3C[C@H](CO)[C@@H](O)[C@H]3O)oc2cn1. The Hall–Kier alpha value is -2.99. The van der Waals surface area contributed by atoms with Crippen molar-refractivity contribution in [3.63, 3.8) is 0 Å². The van der Waals surface area contributed by atoms with E-state index in [9.17, 15) is 15.3 Å². The van der Waals surface area contributed by atoms with Crippen LogP contribution in [0.1, 0.15) is 25.5 Å². The molecule has 1 fully saturated rings. The molecule has 0 aromatic carbocycles. The smallest absolute Gasteiger partial charge is 0.224 e. The predicted molar refractivity (Wildman–Crippen MR) is 131 cm³/mol. The van der Waals surface area contributed by atoms with Crippen LogP contribution in [0.2, 0.25) is 0 Å². The Labute approximate surface area is 203 Å². The number of nitrogens with one attached hydrogen (secondary N) is 2. The fourth-order valence-electron chi connectivity index (χ4n) is 4.27. The number of hydrogen-bond acceptors (Lipinski definition) is 11. The molecular formula is C24H33N5O6. The van der Waals surface area contributed by atoms with Crippen molar-refractivity contribution in [2.45, 2.75) is 44.9 Å². The molecule has 0 aliphatic heterocycles. The van der Waals surface area contributed by atoms with E-state index in [1.54, 1.807) is 13.3 Å². The summed E-state index contributed by atoms with van der Waals surface area (Å²) in [5.41, 5.74) is 1.88. The molecule has 11 heteroatoms. The van der Waals surface area contributed by atoms with Gasteiger partial charge in [0.05, 0.1) is 42.8 Å². The predicted octanol–water partition coefficient (Wildman–Crippen LogP) is 1.95. The third kappa shape index (κ3) is 5.48. The first-order valence-corrected chi connectivity index (χ1v) is 11.8. The lowest BCUT2D eigenvalue weighted by atomic mass is 10.1. The van der Waals surface area contributed by atoms with Gasteiger partial charge in [0, 0.05) is 37.6 Å². The first-order valence-electron chi connectivity index (χ1n) is 11.8. The van der Waals surface area contributed by atoms with Crippen LogP contribution in [0, 0.1) is 12.8 Å². The van der Waals surface area contributed by atoms with Crippen LogP contribution in [-0.2, 0) is 4.74 Å². The van der Waals surface area contributed by atoms with E-state index in [1.165, 1.54) is 0 Å². The van der Waals surface area contributed by atoms with Crippen molar-refractivity contribution in [1.29, 1.82) is 0 Å². The number of aliphatic hydroxyl groups is 3. The number of furan rings is 1. The Balaban J connectivity index is 1.71. The summed E-state index contributed by atoms with van der Waals surface area (Å²) in [7, 11) is 1.61. The first kappa shape index (κ1) is 25.1. The Kier molecular flexibility index (Phi) is 8.01. The van der Waals surface area contributed by atoms with E-state index in [0.29, 0.717) is 66.4 Å². The van der Waals surface area contributed by atoms with Crippen LogP contribution < -0.4 is 15.4 Å². The van der Waals surface area contributed by atoms with Crippen LogP contribution in [0.15, 0.2) is 22.7 Å². The summed E-state index contributed by atoms with van der Waals surface area (Å²) in [6.07, 6.45) is 0.804. The van der Waals surface area contributed by atoms with Crippen LogP contribution in [0.4, 0.5) is 11.8 Å². The molecule has 1 aliphatic rings. The molecule has 0 saturated heterocycles. The maximum Gasteiger partial charge on any atom is 0.224 e. The summed E-state index contributed by atoms with van der Waals surface area (Å²) in [5.74, 6) is 1.47. The van der Waals surface area contributed by atoms with Crippen molar-refractivity contribution < 1.29 is 29.2 Å². The monoisotopic (exact) mass is 487 g/mol. The van der Waals surface area contributed by atoms with Crippen molar-refractivity contribution >= 4 is 22.7 Å². The van der Waals surface area contributed by atoms with Gasteiger partial charge in [0.2, 0.25) is 11.8 Å². The molecule has 3 aromatic heterocycles. The van der Waals surface area contributed by atoms with Crippen molar-refractivity contribution in [3.8, 4) is 17.2 Å². The Morgan fingerprint density at radius 2 is 2.00 bits per heavy atom. The second-order valence-electron chi connectivity index (χ2n) is 8.71. The van der Waals surface area contributed by atoms with Crippen LogP contribution in [0.5, 0.6) is 5.88 Å². The number of methoxy groups -OCH3 is 1. The topological polar surface area (TPSA) is 155 Å². The van der Waals surface area contributed by atoms with Gasteiger partial charge in [-0.15, -0.1) is 0 Å². The fourth-order valence-corrected chi connectivity index (χ4v) is 4.27. The average Bonchev–Trinajstić information content (AvgIpc) is 3.38. The van der Waals surface area contributed by atoms with Crippen molar-refractivity contribution in [1.82, 2.24) is 15.0 Å². The van der Waals surface area contributed by atoms with Gasteiger partial charge in [-0.1, -0.05) is 6.92 Å². The normalized spacial score (nSPS) is 22.0. The van der Waals surface area contributed by atoms with Crippen molar-refractivity contribution in [2.24, 2.45) is 5.92 Å². The molecule has 190 valence electrons. The molecule has 4 atom stereocenters. The number of pyridine rings is 1. The van der Waals surface area contributed by atoms with Gasteiger partial charge in [0.1, 0.15) is 17.7 Å². The minimum atomic E-state index is -1.06. The van der Waals surface area contributed by atoms with Crippen LogP contribution in [0.3, 0.4) is 0 Å². The molecular weight excluding hydrogens is 454 g/mol. The molecule has 0 spiro atoms. The summed E-state index contributed by atoms with van der Waals surface area (Å²) in [4.78, 5) is 13.5. The quantitative estimate of drug-likeness (QED) is 0.252. The lowest BCUT2D eigenvalue weighted by Gasteiger charge is -2.21. The number of aliphatic hydroxyl groups excluding tert-OH is 3. The molecule has 0 radical (unpaired) electrons. The lowest BCUT2D eigenvalue weighted by molar-refractivity contribution is 0.00446. The van der Waals surface area contributed by atoms with Gasteiger partial charge in [-0.25, -0.2) is 9.97 Å². The number of ether oxygens (including phenoxy) is 2. The number of nitrogens with zero attached hydrogens (tertiary/aromatic N) is 3. The number of hydrogen-bond donors (Lipinski definition) is 5. The minimum Gasteiger partial charge on any atom is -0.478 e. The highest BCUT2D eigenvalue weighted by Crippen LogP contribution is 2.37. The van der Waals surface area contributed by atoms with E-state index in [1.807, 2.05) is 26.0 Å². The number of aryl methyl sites for hydroxylation is 1. The van der Waals surface area contributed by atoms with E-state index in [4.69, 9.17) is 13.9 Å². The molecule has 35 heavy (non-hydrogen) atoms. The standard InChI is InChI=1S/C24H33N5O6/c1-4-6-34-19-10-14-9-17(35-18(14)11-26-19)20-13(2)27-24(25-5-7-33-3)29-23(20)28-16-8-15(12-30)21(31)22(16)32/h9-11,15-16,21-22,30-32H,4-8,12H2,1-3H3,(H2,25,27,28,29)/t15-,16-,21-,22+/m1/s1. The molecule has 5 N–H and O–H groups in total. The summed E-state index contributed by atoms with van der Waals surface area (Å²) in [6.45, 7) is 5.24. The highest BCUT2D eigenvalue weighted by Gasteiger charge is 2.41. The van der Waals surface area contributed by atoms with E-state index >= 15 is 0 Å². The molecule has 0 unspecified atom stereocenters. The van der Waals surface area contributed by atoms with Crippen LogP contribution in [0.25, 0.3) is 22.3 Å². The largest absolute Gasteiger partial charge is 0.478 e. The Bertz CT molecular complexity index is 1140. The van der Waals surface area contributed by atoms with Gasteiger partial charge >= 0.3 is 0 Å². The second-order valence-corrected chi connectivity index (χ2v) is 8.71. The van der Waals surface area contributed by atoms with Gasteiger partial charge in [-0.3, -0.25) is 0 Å². The van der Waals surface area contributed by atoms with Gasteiger partial charge in [0.25, 0.3) is 0 Å². The molecule has 1 aliphatic carbocycles. The number of aromatic nitrogens is 3. The molecule has 0 bridgehead atoms. The van der Waals surface area contributed by atoms with E-state index in [-0.39, 0.29) is 6.61 Å². The fraction of sp³-hybridized carbons (Fsp3) is 0.542. The lowest BCUT2D eigenvalue weighted by Crippen LogP contribution is -2.35. The van der Waals surface area contributed by atoms with Crippen molar-refractivity contribution in [3.05, 3.63) is 24.0 Å². The number of fused-ring (bicyclic) bond motifs is 1. The van der Waals surface area contributed by atoms with Crippen molar-refractivity contribution in [2.75, 3.05) is 44.1 Å². The van der Waals surface area contributed by atoms with Gasteiger partial charge in [-0.2, -0.15) is 4.98 Å². The van der Waals surface area contributed by atoms with Gasteiger partial charge in [0.15, 0.2) is 5.58 Å². The molecule has 3 aromatic rings. The summed E-state index contributed by atoms with van der Waals surface area (Å²) in [6, 6.07) is 3.19. The zero-order valence-electron chi connectivity index (χ0n) is 20.2. The third-order valence-corrected chi connectivity index (χ3v) is 6.12. The van der Waals surface area contributed by atoms with E-state index < -0.39 is 24.2 Å². The van der Waals surface area contributed by atoms with Gasteiger partial charge in [-0.05, 0) is 25.8 Å². The number of rotatable bonds is 11. The van der Waals surface area contributed by atoms with E-state index in [0.717, 1.165) is 11.8 Å². The minimum absolute atomic E-state index is 0.213. The van der Waals surface area contributed by atoms with E-state index in [2.05, 4.69) is 25.6 Å². The highest BCUT2D eigenvalue weighted by atomic mass is 16.5. The Morgan fingerprint density at radius 3 is 2.71 bits per heavy atom. The molecule has 4 rings (SSSR count). The summed E-state index contributed by atoms with van der Waals surface area (Å²) >= 11 is 0. The Morgan fingerprint density at radius 1 is 1.17 bits per heavy atom. The summed E-state index contributed by atoms with van der Waals surface area (Å²) in [5, 5.41) is 37.6. The molecule has 3 heterocycles. The molecule has 0 amide bonds. The highest BCUT2D eigenvalue weighted by molar-refractivity contribution is 5.86. The maximum absolute atomic E-state index is 10.6. The zero-order chi connectivity index (χ0) is 24.9. The van der Waals surface area contributed by atoms with Gasteiger partial charge < -0.3 is 39.8 Å². The van der Waals surface area contributed by atoms with Crippen LogP contribution in [-0.4, -0.2) is 82.0 Å². The second kappa shape index (κ2) is 11.2. The van der Waals surface area contributed by atoms with Crippen LogP contribution >= 0.6 is 0 Å². The first-order chi connectivity index (χ1) is 16.9. The third-order valence-electron chi connectivity index (χ3n) is 6.12. The number of anilines is 2. The molecule has 11 nitrogen and oxygen atoms in total. The average molecular weight is 488 g/mol. The summed E-state index contributed by atoms with van der Waals surface area (Å²) < 4.78 is 16.8. The maximum atomic E-state index is 10.6.